The van der Waals surface area contributed by atoms with Crippen LogP contribution in [0.5, 0.6) is 23.0 Å². The first-order chi connectivity index (χ1) is 14.5. The second-order valence-corrected chi connectivity index (χ2v) is 7.18. The Kier molecular flexibility index (Phi) is 9.47. The van der Waals surface area contributed by atoms with E-state index >= 15 is 0 Å². The van der Waals surface area contributed by atoms with E-state index in [-0.39, 0.29) is 5.91 Å². The van der Waals surface area contributed by atoms with Gasteiger partial charge in [-0.1, -0.05) is 13.0 Å². The van der Waals surface area contributed by atoms with Crippen LogP contribution in [0.3, 0.4) is 0 Å². The van der Waals surface area contributed by atoms with Crippen molar-refractivity contribution in [2.45, 2.75) is 26.2 Å². The fourth-order valence-electron chi connectivity index (χ4n) is 2.71. The highest BCUT2D eigenvalue weighted by Crippen LogP contribution is 2.37. The van der Waals surface area contributed by atoms with E-state index in [1.54, 1.807) is 26.4 Å². The Labute approximate surface area is 185 Å². The first-order valence-corrected chi connectivity index (χ1v) is 10.3. The molecule has 0 spiro atoms. The van der Waals surface area contributed by atoms with Crippen LogP contribution in [0.25, 0.3) is 0 Å². The molecule has 7 nitrogen and oxygen atoms in total. The zero-order chi connectivity index (χ0) is 21.9. The number of hydrogen-bond acceptors (Lipinski definition) is 6. The number of nitrogens with one attached hydrogen (secondary N) is 1. The maximum atomic E-state index is 12.0. The molecule has 0 bridgehead atoms. The Morgan fingerprint density at radius 1 is 1.07 bits per heavy atom. The minimum Gasteiger partial charge on any atom is -0.493 e. The number of rotatable bonds is 11. The molecular weight excluding hydrogens is 452 g/mol. The van der Waals surface area contributed by atoms with Crippen molar-refractivity contribution < 1.29 is 23.7 Å². The Morgan fingerprint density at radius 2 is 1.77 bits per heavy atom. The van der Waals surface area contributed by atoms with Gasteiger partial charge >= 0.3 is 0 Å². The lowest BCUT2D eigenvalue weighted by atomic mass is 10.2. The van der Waals surface area contributed by atoms with Crippen molar-refractivity contribution in [1.82, 2.24) is 5.43 Å². The summed E-state index contributed by atoms with van der Waals surface area (Å²) in [5.41, 5.74) is 4.45. The van der Waals surface area contributed by atoms with E-state index < -0.39 is 0 Å². The maximum absolute atomic E-state index is 12.0. The van der Waals surface area contributed by atoms with Crippen LogP contribution in [0.4, 0.5) is 0 Å². The number of hydrogen-bond donors (Lipinski definition) is 1. The number of nitrogens with zero attached hydrogens (tertiary/aromatic N) is 1. The molecule has 0 saturated heterocycles. The second kappa shape index (κ2) is 12.1. The molecule has 30 heavy (non-hydrogen) atoms. The number of aryl methyl sites for hydroxylation is 1. The van der Waals surface area contributed by atoms with Crippen LogP contribution < -0.4 is 24.4 Å². The number of amides is 1. The van der Waals surface area contributed by atoms with Gasteiger partial charge in [0, 0.05) is 12.0 Å². The van der Waals surface area contributed by atoms with Crippen LogP contribution in [0.15, 0.2) is 39.9 Å². The third kappa shape index (κ3) is 6.66. The number of ether oxygens (including phenoxy) is 4. The molecule has 0 aliphatic rings. The molecule has 0 aromatic heterocycles. The summed E-state index contributed by atoms with van der Waals surface area (Å²) in [6.07, 6.45) is 3.37. The fraction of sp³-hybridized carbons (Fsp3) is 0.364. The van der Waals surface area contributed by atoms with E-state index in [4.69, 9.17) is 18.9 Å². The van der Waals surface area contributed by atoms with E-state index in [9.17, 15) is 4.79 Å². The normalized spacial score (nSPS) is 10.7. The van der Waals surface area contributed by atoms with Gasteiger partial charge in [0.1, 0.15) is 5.75 Å². The Balaban J connectivity index is 1.81. The van der Waals surface area contributed by atoms with Gasteiger partial charge in [0.15, 0.2) is 11.5 Å². The Morgan fingerprint density at radius 3 is 2.33 bits per heavy atom. The van der Waals surface area contributed by atoms with Crippen molar-refractivity contribution >= 4 is 28.1 Å². The number of methoxy groups -OCH3 is 3. The summed E-state index contributed by atoms with van der Waals surface area (Å²) in [6, 6.07) is 9.49. The van der Waals surface area contributed by atoms with Gasteiger partial charge in [0.05, 0.1) is 38.6 Å². The van der Waals surface area contributed by atoms with Crippen LogP contribution in [-0.2, 0) is 11.2 Å². The van der Waals surface area contributed by atoms with Crippen molar-refractivity contribution in [2.75, 3.05) is 27.9 Å². The predicted octanol–water partition coefficient (Wildman–Crippen LogP) is 4.35. The number of carbonyl (C=O) groups is 1. The van der Waals surface area contributed by atoms with Crippen molar-refractivity contribution in [3.05, 3.63) is 45.9 Å². The number of halogens is 1. The maximum Gasteiger partial charge on any atom is 0.240 e. The summed E-state index contributed by atoms with van der Waals surface area (Å²) in [4.78, 5) is 12.0. The molecule has 0 unspecified atom stereocenters. The summed E-state index contributed by atoms with van der Waals surface area (Å²) in [5.74, 6) is 2.10. The van der Waals surface area contributed by atoms with Crippen molar-refractivity contribution in [3.8, 4) is 23.0 Å². The highest BCUT2D eigenvalue weighted by atomic mass is 79.9. The lowest BCUT2D eigenvalue weighted by molar-refractivity contribution is -0.121. The van der Waals surface area contributed by atoms with Crippen LogP contribution in [0, 0.1) is 0 Å². The molecule has 0 fully saturated rings. The summed E-state index contributed by atoms with van der Waals surface area (Å²) in [6.45, 7) is 2.54. The van der Waals surface area contributed by atoms with Gasteiger partial charge in [-0.05, 0) is 58.6 Å². The van der Waals surface area contributed by atoms with Crippen molar-refractivity contribution in [2.24, 2.45) is 5.10 Å². The quantitative estimate of drug-likeness (QED) is 0.295. The molecule has 0 radical (unpaired) electrons. The van der Waals surface area contributed by atoms with Gasteiger partial charge in [-0.25, -0.2) is 5.43 Å². The number of benzene rings is 2. The number of hydrazone groups is 1. The van der Waals surface area contributed by atoms with E-state index in [1.807, 2.05) is 18.2 Å². The summed E-state index contributed by atoms with van der Waals surface area (Å²) in [5, 5.41) is 3.99. The third-order valence-corrected chi connectivity index (χ3v) is 4.92. The topological polar surface area (TPSA) is 78.4 Å². The molecule has 0 aliphatic heterocycles. The highest BCUT2D eigenvalue weighted by Gasteiger charge is 2.12. The first-order valence-electron chi connectivity index (χ1n) is 9.55. The van der Waals surface area contributed by atoms with Crippen LogP contribution in [-0.4, -0.2) is 40.1 Å². The largest absolute Gasteiger partial charge is 0.493 e. The SMILES string of the molecule is CCc1ccc(OCCCC(=O)N/N=C/c2cc(OC)c(OC)c(OC)c2)c(Br)c1. The minimum absolute atomic E-state index is 0.192. The standard InChI is InChI=1S/C22H27BrN2O5/c1-5-15-8-9-18(17(23)11-15)30-10-6-7-21(26)25-24-14-16-12-19(27-2)22(29-4)20(13-16)28-3/h8-9,11-14H,5-7,10H2,1-4H3,(H,25,26)/b24-14+. The van der Waals surface area contributed by atoms with E-state index in [2.05, 4.69) is 33.4 Å². The predicted molar refractivity (Wildman–Crippen MR) is 120 cm³/mol. The molecular formula is C22H27BrN2O5. The highest BCUT2D eigenvalue weighted by molar-refractivity contribution is 9.10. The summed E-state index contributed by atoms with van der Waals surface area (Å²) < 4.78 is 22.5. The van der Waals surface area contributed by atoms with Crippen LogP contribution >= 0.6 is 15.9 Å². The van der Waals surface area contributed by atoms with Gasteiger partial charge in [-0.3, -0.25) is 4.79 Å². The van der Waals surface area contributed by atoms with E-state index in [0.29, 0.717) is 42.3 Å². The molecule has 0 atom stereocenters. The first kappa shape index (κ1) is 23.5. The van der Waals surface area contributed by atoms with Gasteiger partial charge in [0.2, 0.25) is 11.7 Å². The Bertz CT molecular complexity index is 861. The molecule has 1 N–H and O–H groups in total. The van der Waals surface area contributed by atoms with Crippen molar-refractivity contribution in [3.63, 3.8) is 0 Å². The third-order valence-electron chi connectivity index (χ3n) is 4.30. The molecule has 1 amide bonds. The number of carbonyl (C=O) groups excluding carboxylic acids is 1. The summed E-state index contributed by atoms with van der Waals surface area (Å²) in [7, 11) is 4.62. The average Bonchev–Trinajstić information content (AvgIpc) is 2.76. The average molecular weight is 479 g/mol. The monoisotopic (exact) mass is 478 g/mol. The molecule has 2 aromatic carbocycles. The lowest BCUT2D eigenvalue weighted by Gasteiger charge is -2.12. The Hall–Kier alpha value is -2.74. The minimum atomic E-state index is -0.192. The van der Waals surface area contributed by atoms with Crippen LogP contribution in [0.1, 0.15) is 30.9 Å². The zero-order valence-electron chi connectivity index (χ0n) is 17.7. The molecule has 8 heteroatoms. The second-order valence-electron chi connectivity index (χ2n) is 6.32. The summed E-state index contributed by atoms with van der Waals surface area (Å²) >= 11 is 3.51. The van der Waals surface area contributed by atoms with Crippen LogP contribution in [0.2, 0.25) is 0 Å². The molecule has 2 aromatic rings. The molecule has 2 rings (SSSR count). The van der Waals surface area contributed by atoms with Gasteiger partial charge < -0.3 is 18.9 Å². The van der Waals surface area contributed by atoms with E-state index in [1.165, 1.54) is 18.9 Å². The molecule has 0 heterocycles. The molecule has 162 valence electrons. The molecule has 0 aliphatic carbocycles. The fourth-order valence-corrected chi connectivity index (χ4v) is 3.25. The smallest absolute Gasteiger partial charge is 0.240 e. The van der Waals surface area contributed by atoms with Gasteiger partial charge in [0.25, 0.3) is 0 Å². The van der Waals surface area contributed by atoms with E-state index in [0.717, 1.165) is 16.6 Å². The van der Waals surface area contributed by atoms with Crippen molar-refractivity contribution in [1.29, 1.82) is 0 Å². The zero-order valence-corrected chi connectivity index (χ0v) is 19.2. The lowest BCUT2D eigenvalue weighted by Crippen LogP contribution is -2.18. The van der Waals surface area contributed by atoms with Gasteiger partial charge in [-0.2, -0.15) is 5.10 Å². The molecule has 0 saturated carbocycles. The van der Waals surface area contributed by atoms with Gasteiger partial charge in [-0.15, -0.1) is 0 Å².